The highest BCUT2D eigenvalue weighted by atomic mass is 16.6. The van der Waals surface area contributed by atoms with Gasteiger partial charge in [-0.15, -0.1) is 0 Å². The van der Waals surface area contributed by atoms with E-state index in [4.69, 9.17) is 4.74 Å². The Balaban J connectivity index is 4.52. The summed E-state index contributed by atoms with van der Waals surface area (Å²) in [5.41, 5.74) is -0.423. The quantitative estimate of drug-likeness (QED) is 0.741. The second-order valence-electron chi connectivity index (χ2n) is 6.95. The molecular weight excluding hydrogens is 226 g/mol. The maximum atomic E-state index is 12.1. The maximum Gasteiger partial charge on any atom is 0.323 e. The molecule has 0 aromatic rings. The van der Waals surface area contributed by atoms with E-state index >= 15 is 0 Å². The molecule has 0 saturated carbocycles. The predicted octanol–water partition coefficient (Wildman–Crippen LogP) is 3.38. The van der Waals surface area contributed by atoms with Gasteiger partial charge in [0, 0.05) is 6.04 Å². The van der Waals surface area contributed by atoms with E-state index < -0.39 is 5.60 Å². The van der Waals surface area contributed by atoms with Crippen LogP contribution in [0.15, 0.2) is 0 Å². The van der Waals surface area contributed by atoms with Crippen molar-refractivity contribution in [2.75, 3.05) is 0 Å². The summed E-state index contributed by atoms with van der Waals surface area (Å²) < 4.78 is 5.47. The van der Waals surface area contributed by atoms with Gasteiger partial charge in [-0.05, 0) is 46.0 Å². The lowest BCUT2D eigenvalue weighted by Crippen LogP contribution is -2.48. The lowest BCUT2D eigenvalue weighted by molar-refractivity contribution is -0.159. The molecule has 0 aliphatic carbocycles. The van der Waals surface area contributed by atoms with E-state index in [1.807, 2.05) is 34.6 Å². The number of carbonyl (C=O) groups excluding carboxylic acids is 1. The van der Waals surface area contributed by atoms with Gasteiger partial charge < -0.3 is 10.1 Å². The minimum atomic E-state index is -0.423. The second-order valence-corrected chi connectivity index (χ2v) is 6.95. The Morgan fingerprint density at radius 3 is 1.94 bits per heavy atom. The first-order valence-electron chi connectivity index (χ1n) is 7.01. The number of nitrogens with one attached hydrogen (secondary N) is 1. The lowest BCUT2D eigenvalue weighted by atomic mass is 10.00. The minimum Gasteiger partial charge on any atom is -0.459 e. The minimum absolute atomic E-state index is 0.145. The van der Waals surface area contributed by atoms with Crippen LogP contribution >= 0.6 is 0 Å². The van der Waals surface area contributed by atoms with Crippen LogP contribution in [0.2, 0.25) is 0 Å². The molecule has 0 aliphatic rings. The normalized spacial score (nSPS) is 15.9. The lowest BCUT2D eigenvalue weighted by Gasteiger charge is -2.29. The zero-order chi connectivity index (χ0) is 14.5. The van der Waals surface area contributed by atoms with Crippen LogP contribution in [0, 0.1) is 11.8 Å². The van der Waals surface area contributed by atoms with Gasteiger partial charge in [-0.3, -0.25) is 4.79 Å². The van der Waals surface area contributed by atoms with E-state index in [0.717, 1.165) is 6.42 Å². The molecule has 0 aliphatic heterocycles. The van der Waals surface area contributed by atoms with Crippen LogP contribution in [0.5, 0.6) is 0 Å². The Kier molecular flexibility index (Phi) is 6.90. The van der Waals surface area contributed by atoms with Crippen LogP contribution in [0.1, 0.15) is 61.8 Å². The smallest absolute Gasteiger partial charge is 0.323 e. The molecule has 0 amide bonds. The molecule has 3 nitrogen and oxygen atoms in total. The molecule has 108 valence electrons. The zero-order valence-electron chi connectivity index (χ0n) is 13.3. The molecule has 0 radical (unpaired) electrons. The molecule has 0 spiro atoms. The van der Waals surface area contributed by atoms with Crippen LogP contribution in [-0.4, -0.2) is 23.7 Å². The summed E-state index contributed by atoms with van der Waals surface area (Å²) >= 11 is 0. The van der Waals surface area contributed by atoms with Crippen LogP contribution in [0.4, 0.5) is 0 Å². The standard InChI is InChI=1S/C15H31NO2/c1-10(2)9-12(5)16-13(11(3)4)14(17)18-15(6,7)8/h10-13,16H,9H2,1-8H3/t12-,13+/m0/s1. The van der Waals surface area contributed by atoms with Crippen LogP contribution in [0.3, 0.4) is 0 Å². The van der Waals surface area contributed by atoms with Gasteiger partial charge in [-0.1, -0.05) is 27.7 Å². The number of rotatable bonds is 6. The Hall–Kier alpha value is -0.570. The van der Waals surface area contributed by atoms with E-state index in [1.165, 1.54) is 0 Å². The van der Waals surface area contributed by atoms with Gasteiger partial charge in [0.15, 0.2) is 0 Å². The summed E-state index contributed by atoms with van der Waals surface area (Å²) in [6.45, 7) is 16.3. The van der Waals surface area contributed by atoms with E-state index in [9.17, 15) is 4.79 Å². The first-order valence-corrected chi connectivity index (χ1v) is 7.01. The Bertz CT molecular complexity index is 254. The SMILES string of the molecule is CC(C)C[C@H](C)N[C@@H](C(=O)OC(C)(C)C)C(C)C. The third kappa shape index (κ3) is 7.70. The van der Waals surface area contributed by atoms with Gasteiger partial charge in [0.05, 0.1) is 0 Å². The fourth-order valence-corrected chi connectivity index (χ4v) is 1.98. The highest BCUT2D eigenvalue weighted by Gasteiger charge is 2.28. The van der Waals surface area contributed by atoms with E-state index in [-0.39, 0.29) is 17.9 Å². The van der Waals surface area contributed by atoms with E-state index in [1.54, 1.807) is 0 Å². The summed E-state index contributed by atoms with van der Waals surface area (Å²) in [5.74, 6) is 0.710. The van der Waals surface area contributed by atoms with Gasteiger partial charge in [0.25, 0.3) is 0 Å². The molecular formula is C15H31NO2. The summed E-state index contributed by atoms with van der Waals surface area (Å²) in [6, 6.07) is 0.0999. The van der Waals surface area contributed by atoms with Gasteiger partial charge in [0.2, 0.25) is 0 Å². The van der Waals surface area contributed by atoms with Gasteiger partial charge in [-0.25, -0.2) is 0 Å². The van der Waals surface area contributed by atoms with Crippen molar-refractivity contribution in [1.29, 1.82) is 0 Å². The Morgan fingerprint density at radius 1 is 1.11 bits per heavy atom. The zero-order valence-corrected chi connectivity index (χ0v) is 13.3. The first kappa shape index (κ1) is 17.4. The van der Waals surface area contributed by atoms with Crippen molar-refractivity contribution in [3.8, 4) is 0 Å². The van der Waals surface area contributed by atoms with Gasteiger partial charge >= 0.3 is 5.97 Å². The fraction of sp³-hybridized carbons (Fsp3) is 0.933. The second kappa shape index (κ2) is 7.13. The molecule has 0 aromatic carbocycles. The number of carbonyl (C=O) groups is 1. The molecule has 0 unspecified atom stereocenters. The molecule has 3 heteroatoms. The van der Waals surface area contributed by atoms with Crippen LogP contribution < -0.4 is 5.32 Å². The van der Waals surface area contributed by atoms with Crippen molar-refractivity contribution in [2.24, 2.45) is 11.8 Å². The van der Waals surface area contributed by atoms with Crippen molar-refractivity contribution >= 4 is 5.97 Å². The van der Waals surface area contributed by atoms with Gasteiger partial charge in [-0.2, -0.15) is 0 Å². The molecule has 0 fully saturated rings. The number of ether oxygens (including phenoxy) is 1. The van der Waals surface area contributed by atoms with Crippen molar-refractivity contribution in [3.05, 3.63) is 0 Å². The molecule has 0 heterocycles. The summed E-state index contributed by atoms with van der Waals surface area (Å²) in [4.78, 5) is 12.1. The van der Waals surface area contributed by atoms with Crippen molar-refractivity contribution in [2.45, 2.75) is 79.5 Å². The van der Waals surface area contributed by atoms with Crippen molar-refractivity contribution < 1.29 is 9.53 Å². The summed E-state index contributed by atoms with van der Waals surface area (Å²) in [6.07, 6.45) is 1.06. The molecule has 0 aromatic heterocycles. The average Bonchev–Trinajstić information content (AvgIpc) is 2.09. The maximum absolute atomic E-state index is 12.1. The monoisotopic (exact) mass is 257 g/mol. The number of esters is 1. The van der Waals surface area contributed by atoms with Crippen LogP contribution in [-0.2, 0) is 9.53 Å². The highest BCUT2D eigenvalue weighted by Crippen LogP contribution is 2.14. The Morgan fingerprint density at radius 2 is 1.61 bits per heavy atom. The van der Waals surface area contributed by atoms with E-state index in [0.29, 0.717) is 12.0 Å². The molecule has 2 atom stereocenters. The average molecular weight is 257 g/mol. The topological polar surface area (TPSA) is 38.3 Å². The predicted molar refractivity (Wildman–Crippen MR) is 76.5 cm³/mol. The Labute approximate surface area is 113 Å². The summed E-state index contributed by atoms with van der Waals surface area (Å²) in [7, 11) is 0. The third-order valence-corrected chi connectivity index (χ3v) is 2.62. The van der Waals surface area contributed by atoms with E-state index in [2.05, 4.69) is 26.1 Å². The van der Waals surface area contributed by atoms with Gasteiger partial charge in [0.1, 0.15) is 11.6 Å². The summed E-state index contributed by atoms with van der Waals surface area (Å²) in [5, 5.41) is 3.40. The number of hydrogen-bond acceptors (Lipinski definition) is 3. The third-order valence-electron chi connectivity index (χ3n) is 2.62. The molecule has 0 rings (SSSR count). The largest absolute Gasteiger partial charge is 0.459 e. The molecule has 18 heavy (non-hydrogen) atoms. The van der Waals surface area contributed by atoms with Crippen molar-refractivity contribution in [1.82, 2.24) is 5.32 Å². The van der Waals surface area contributed by atoms with Crippen molar-refractivity contribution in [3.63, 3.8) is 0 Å². The fourth-order valence-electron chi connectivity index (χ4n) is 1.98. The van der Waals surface area contributed by atoms with Crippen LogP contribution in [0.25, 0.3) is 0 Å². The molecule has 0 bridgehead atoms. The highest BCUT2D eigenvalue weighted by molar-refractivity contribution is 5.76. The molecule has 0 saturated heterocycles. The molecule has 1 N–H and O–H groups in total. The number of hydrogen-bond donors (Lipinski definition) is 1. The first-order chi connectivity index (χ1) is 8.03.